The lowest BCUT2D eigenvalue weighted by atomic mass is 10.2. The lowest BCUT2D eigenvalue weighted by molar-refractivity contribution is 0.0950. The van der Waals surface area contributed by atoms with E-state index in [-0.39, 0.29) is 5.91 Å². The maximum Gasteiger partial charge on any atom is 0.252 e. The zero-order valence-corrected chi connectivity index (χ0v) is 16.1. The number of fused-ring (bicyclic) bond motifs is 1. The summed E-state index contributed by atoms with van der Waals surface area (Å²) in [4.78, 5) is 18.1. The van der Waals surface area contributed by atoms with Gasteiger partial charge in [-0.15, -0.1) is 23.1 Å². The van der Waals surface area contributed by atoms with Crippen molar-refractivity contribution in [1.29, 1.82) is 0 Å². The SMILES string of the molecule is CC(C)Sc1ccccc1C(=O)NCCCc1nc2ccccc2s1. The standard InChI is InChI=1S/C20H22N2OS2/c1-14(2)24-17-10-5-3-8-15(17)20(23)21-13-7-12-19-22-16-9-4-6-11-18(16)25-19/h3-6,8-11,14H,7,12-13H2,1-2H3,(H,21,23). The van der Waals surface area contributed by atoms with Crippen LogP contribution in [0.3, 0.4) is 0 Å². The molecule has 1 heterocycles. The van der Waals surface area contributed by atoms with Crippen LogP contribution in [0, 0.1) is 0 Å². The van der Waals surface area contributed by atoms with Crippen LogP contribution < -0.4 is 5.32 Å². The summed E-state index contributed by atoms with van der Waals surface area (Å²) in [6.07, 6.45) is 1.78. The van der Waals surface area contributed by atoms with Crippen LogP contribution >= 0.6 is 23.1 Å². The van der Waals surface area contributed by atoms with Crippen LogP contribution in [-0.2, 0) is 6.42 Å². The van der Waals surface area contributed by atoms with Crippen LogP contribution in [0.25, 0.3) is 10.2 Å². The van der Waals surface area contributed by atoms with Gasteiger partial charge in [0.05, 0.1) is 20.8 Å². The van der Waals surface area contributed by atoms with Crippen LogP contribution in [0.4, 0.5) is 0 Å². The summed E-state index contributed by atoms with van der Waals surface area (Å²) in [5.74, 6) is 0.00745. The lowest BCUT2D eigenvalue weighted by Gasteiger charge is -2.11. The molecule has 1 amide bonds. The van der Waals surface area contributed by atoms with Crippen molar-refractivity contribution >= 4 is 39.2 Å². The molecule has 3 rings (SSSR count). The van der Waals surface area contributed by atoms with Crippen molar-refractivity contribution < 1.29 is 4.79 Å². The van der Waals surface area contributed by atoms with E-state index in [4.69, 9.17) is 0 Å². The van der Waals surface area contributed by atoms with Gasteiger partial charge in [0.1, 0.15) is 0 Å². The normalized spacial score (nSPS) is 11.2. The molecular weight excluding hydrogens is 348 g/mol. The van der Waals surface area contributed by atoms with Crippen LogP contribution in [0.1, 0.15) is 35.6 Å². The first-order chi connectivity index (χ1) is 12.1. The minimum Gasteiger partial charge on any atom is -0.352 e. The number of rotatable bonds is 7. The first-order valence-electron chi connectivity index (χ1n) is 8.52. The van der Waals surface area contributed by atoms with E-state index in [2.05, 4.69) is 30.2 Å². The van der Waals surface area contributed by atoms with Crippen molar-refractivity contribution in [2.24, 2.45) is 0 Å². The van der Waals surface area contributed by atoms with Crippen molar-refractivity contribution in [3.8, 4) is 0 Å². The second kappa shape index (κ2) is 8.50. The minimum atomic E-state index is 0.00745. The van der Waals surface area contributed by atoms with Crippen LogP contribution in [-0.4, -0.2) is 22.7 Å². The topological polar surface area (TPSA) is 42.0 Å². The summed E-state index contributed by atoms with van der Waals surface area (Å²) in [7, 11) is 0. The van der Waals surface area contributed by atoms with E-state index < -0.39 is 0 Å². The van der Waals surface area contributed by atoms with Gasteiger partial charge in [0.15, 0.2) is 0 Å². The summed E-state index contributed by atoms with van der Waals surface area (Å²) in [5, 5.41) is 4.62. The fraction of sp³-hybridized carbons (Fsp3) is 0.300. The van der Waals surface area contributed by atoms with Gasteiger partial charge >= 0.3 is 0 Å². The quantitative estimate of drug-likeness (QED) is 0.461. The number of carbonyl (C=O) groups excluding carboxylic acids is 1. The predicted molar refractivity (Wildman–Crippen MR) is 108 cm³/mol. The van der Waals surface area contributed by atoms with Gasteiger partial charge in [-0.2, -0.15) is 0 Å². The Morgan fingerprint density at radius 1 is 1.16 bits per heavy atom. The Morgan fingerprint density at radius 3 is 2.72 bits per heavy atom. The van der Waals surface area contributed by atoms with E-state index >= 15 is 0 Å². The number of para-hydroxylation sites is 1. The lowest BCUT2D eigenvalue weighted by Crippen LogP contribution is -2.25. The molecular formula is C20H22N2OS2. The Labute approximate surface area is 156 Å². The Hall–Kier alpha value is -1.85. The zero-order chi connectivity index (χ0) is 17.6. The summed E-state index contributed by atoms with van der Waals surface area (Å²) < 4.78 is 1.22. The average Bonchev–Trinajstić information content (AvgIpc) is 3.01. The number of benzene rings is 2. The second-order valence-corrected chi connectivity index (χ2v) is 8.83. The molecule has 2 aromatic carbocycles. The highest BCUT2D eigenvalue weighted by atomic mass is 32.2. The number of amides is 1. The van der Waals surface area contributed by atoms with Crippen molar-refractivity contribution in [1.82, 2.24) is 10.3 Å². The number of thioether (sulfide) groups is 1. The molecule has 1 aromatic heterocycles. The highest BCUT2D eigenvalue weighted by Gasteiger charge is 2.12. The fourth-order valence-electron chi connectivity index (χ4n) is 2.57. The van der Waals surface area contributed by atoms with E-state index in [1.54, 1.807) is 23.1 Å². The van der Waals surface area contributed by atoms with Crippen LogP contribution in [0.2, 0.25) is 0 Å². The molecule has 130 valence electrons. The molecule has 0 spiro atoms. The number of hydrogen-bond donors (Lipinski definition) is 1. The van der Waals surface area contributed by atoms with Gasteiger partial charge in [-0.25, -0.2) is 4.98 Å². The zero-order valence-electron chi connectivity index (χ0n) is 14.5. The fourth-order valence-corrected chi connectivity index (χ4v) is 4.54. The van der Waals surface area contributed by atoms with Crippen LogP contribution in [0.5, 0.6) is 0 Å². The molecule has 1 N–H and O–H groups in total. The third-order valence-electron chi connectivity index (χ3n) is 3.69. The molecule has 3 aromatic rings. The van der Waals surface area contributed by atoms with Gasteiger partial charge in [0.25, 0.3) is 5.91 Å². The number of aromatic nitrogens is 1. The number of aryl methyl sites for hydroxylation is 1. The second-order valence-electron chi connectivity index (χ2n) is 6.10. The molecule has 3 nitrogen and oxygen atoms in total. The molecule has 0 aliphatic rings. The molecule has 0 saturated carbocycles. The van der Waals surface area contributed by atoms with Crippen molar-refractivity contribution in [2.75, 3.05) is 6.54 Å². The smallest absolute Gasteiger partial charge is 0.252 e. The summed E-state index contributed by atoms with van der Waals surface area (Å²) >= 11 is 3.46. The maximum absolute atomic E-state index is 12.5. The van der Waals surface area contributed by atoms with Gasteiger partial charge in [-0.05, 0) is 30.7 Å². The summed E-state index contributed by atoms with van der Waals surface area (Å²) in [6.45, 7) is 4.93. The van der Waals surface area contributed by atoms with E-state index in [0.29, 0.717) is 11.8 Å². The van der Waals surface area contributed by atoms with Gasteiger partial charge in [0, 0.05) is 23.1 Å². The highest BCUT2D eigenvalue weighted by molar-refractivity contribution is 8.00. The Morgan fingerprint density at radius 2 is 1.92 bits per heavy atom. The Balaban J connectivity index is 1.53. The maximum atomic E-state index is 12.5. The van der Waals surface area contributed by atoms with Gasteiger partial charge < -0.3 is 5.32 Å². The first kappa shape index (κ1) is 18.0. The van der Waals surface area contributed by atoms with E-state index in [0.717, 1.165) is 33.8 Å². The third-order valence-corrected chi connectivity index (χ3v) is 5.86. The molecule has 0 unspecified atom stereocenters. The van der Waals surface area contributed by atoms with Crippen molar-refractivity contribution in [3.05, 3.63) is 59.1 Å². The minimum absolute atomic E-state index is 0.00745. The number of hydrogen-bond acceptors (Lipinski definition) is 4. The van der Waals surface area contributed by atoms with Crippen LogP contribution in [0.15, 0.2) is 53.4 Å². The largest absolute Gasteiger partial charge is 0.352 e. The molecule has 25 heavy (non-hydrogen) atoms. The molecule has 0 bridgehead atoms. The third kappa shape index (κ3) is 4.83. The molecule has 0 fully saturated rings. The van der Waals surface area contributed by atoms with E-state index in [1.165, 1.54) is 4.70 Å². The molecule has 0 aliphatic carbocycles. The number of nitrogens with one attached hydrogen (secondary N) is 1. The number of nitrogens with zero attached hydrogens (tertiary/aromatic N) is 1. The molecule has 5 heteroatoms. The molecule has 0 radical (unpaired) electrons. The average molecular weight is 371 g/mol. The van der Waals surface area contributed by atoms with E-state index in [9.17, 15) is 4.79 Å². The molecule has 0 saturated heterocycles. The number of thiazole rings is 1. The van der Waals surface area contributed by atoms with Crippen molar-refractivity contribution in [2.45, 2.75) is 36.8 Å². The van der Waals surface area contributed by atoms with Gasteiger partial charge in [-0.1, -0.05) is 38.1 Å². The summed E-state index contributed by atoms with van der Waals surface area (Å²) in [6, 6.07) is 16.0. The van der Waals surface area contributed by atoms with Gasteiger partial charge in [0.2, 0.25) is 0 Å². The molecule has 0 aliphatic heterocycles. The first-order valence-corrected chi connectivity index (χ1v) is 10.2. The highest BCUT2D eigenvalue weighted by Crippen LogP contribution is 2.26. The Kier molecular flexibility index (Phi) is 6.10. The van der Waals surface area contributed by atoms with Crippen molar-refractivity contribution in [3.63, 3.8) is 0 Å². The predicted octanol–water partition coefficient (Wildman–Crippen LogP) is 5.16. The van der Waals surface area contributed by atoms with E-state index in [1.807, 2.05) is 42.5 Å². The summed E-state index contributed by atoms with van der Waals surface area (Å²) in [5.41, 5.74) is 1.83. The molecule has 0 atom stereocenters. The number of carbonyl (C=O) groups is 1. The van der Waals surface area contributed by atoms with Gasteiger partial charge in [-0.3, -0.25) is 4.79 Å². The Bertz CT molecular complexity index is 825. The monoisotopic (exact) mass is 370 g/mol.